The molecule has 1 heteroatoms. The minimum Gasteiger partial charge on any atom is -0.0922 e. The second kappa shape index (κ2) is 5.86. The number of alkyl halides is 1. The van der Waals surface area contributed by atoms with E-state index >= 15 is 0 Å². The van der Waals surface area contributed by atoms with Gasteiger partial charge in [-0.05, 0) is 43.1 Å². The standard InChI is InChI=1S/C15H21Br/c16-13-15(10-4-5-11-15)12-6-9-14-7-2-1-3-8-14/h1-3,7-8H,4-6,9-13H2. The SMILES string of the molecule is BrCC1(CCCc2ccccc2)CCCC1. The van der Waals surface area contributed by atoms with Crippen LogP contribution in [0.3, 0.4) is 0 Å². The van der Waals surface area contributed by atoms with Crippen molar-refractivity contribution in [3.63, 3.8) is 0 Å². The summed E-state index contributed by atoms with van der Waals surface area (Å²) in [7, 11) is 0. The highest BCUT2D eigenvalue weighted by Gasteiger charge is 2.31. The van der Waals surface area contributed by atoms with Gasteiger partial charge in [-0.3, -0.25) is 0 Å². The fourth-order valence-corrected chi connectivity index (χ4v) is 3.73. The van der Waals surface area contributed by atoms with Crippen LogP contribution in [0.2, 0.25) is 0 Å². The Bertz CT molecular complexity index is 298. The molecular formula is C15H21Br. The lowest BCUT2D eigenvalue weighted by Crippen LogP contribution is -2.18. The van der Waals surface area contributed by atoms with Crippen LogP contribution in [0.25, 0.3) is 0 Å². The summed E-state index contributed by atoms with van der Waals surface area (Å²) >= 11 is 3.72. The molecule has 1 aromatic rings. The summed E-state index contributed by atoms with van der Waals surface area (Å²) in [6.45, 7) is 0. The molecule has 0 spiro atoms. The zero-order valence-electron chi connectivity index (χ0n) is 9.92. The van der Waals surface area contributed by atoms with E-state index in [1.54, 1.807) is 0 Å². The predicted molar refractivity (Wildman–Crippen MR) is 74.1 cm³/mol. The molecule has 1 saturated carbocycles. The molecule has 2 rings (SSSR count). The molecule has 0 atom stereocenters. The highest BCUT2D eigenvalue weighted by atomic mass is 79.9. The fraction of sp³-hybridized carbons (Fsp3) is 0.600. The molecule has 0 heterocycles. The van der Waals surface area contributed by atoms with E-state index in [2.05, 4.69) is 46.3 Å². The minimum absolute atomic E-state index is 0.634. The third-order valence-electron chi connectivity index (χ3n) is 3.96. The van der Waals surface area contributed by atoms with Crippen molar-refractivity contribution >= 4 is 15.9 Å². The smallest absolute Gasteiger partial charge is 0.00879 e. The summed E-state index contributed by atoms with van der Waals surface area (Å²) in [5, 5.41) is 1.20. The zero-order chi connectivity index (χ0) is 11.3. The Hall–Kier alpha value is -0.300. The lowest BCUT2D eigenvalue weighted by Gasteiger charge is -2.26. The number of hydrogen-bond acceptors (Lipinski definition) is 0. The van der Waals surface area contributed by atoms with E-state index in [-0.39, 0.29) is 0 Å². The van der Waals surface area contributed by atoms with E-state index in [9.17, 15) is 0 Å². The molecule has 0 radical (unpaired) electrons. The summed E-state index contributed by atoms with van der Waals surface area (Å²) in [6.07, 6.45) is 9.74. The number of rotatable bonds is 5. The van der Waals surface area contributed by atoms with Crippen LogP contribution in [0.5, 0.6) is 0 Å². The largest absolute Gasteiger partial charge is 0.0922 e. The molecule has 1 aromatic carbocycles. The summed E-state index contributed by atoms with van der Waals surface area (Å²) in [5.41, 5.74) is 2.12. The van der Waals surface area contributed by atoms with Crippen molar-refractivity contribution in [2.45, 2.75) is 44.9 Å². The first kappa shape index (κ1) is 12.2. The van der Waals surface area contributed by atoms with Gasteiger partial charge in [0, 0.05) is 5.33 Å². The zero-order valence-corrected chi connectivity index (χ0v) is 11.5. The van der Waals surface area contributed by atoms with Crippen molar-refractivity contribution < 1.29 is 0 Å². The molecule has 1 fully saturated rings. The van der Waals surface area contributed by atoms with Gasteiger partial charge in [-0.1, -0.05) is 59.1 Å². The molecular weight excluding hydrogens is 260 g/mol. The summed E-state index contributed by atoms with van der Waals surface area (Å²) in [5.74, 6) is 0. The Labute approximate surface area is 108 Å². The molecule has 1 aliphatic rings. The second-order valence-corrected chi connectivity index (χ2v) is 5.74. The first-order chi connectivity index (χ1) is 7.85. The van der Waals surface area contributed by atoms with Gasteiger partial charge in [-0.15, -0.1) is 0 Å². The first-order valence-corrected chi connectivity index (χ1v) is 7.57. The molecule has 0 unspecified atom stereocenters. The van der Waals surface area contributed by atoms with Crippen LogP contribution in [0, 0.1) is 5.41 Å². The van der Waals surface area contributed by atoms with Gasteiger partial charge < -0.3 is 0 Å². The van der Waals surface area contributed by atoms with Crippen LogP contribution in [0.4, 0.5) is 0 Å². The highest BCUT2D eigenvalue weighted by molar-refractivity contribution is 9.09. The van der Waals surface area contributed by atoms with Crippen molar-refractivity contribution in [1.82, 2.24) is 0 Å². The number of benzene rings is 1. The molecule has 0 bridgehead atoms. The van der Waals surface area contributed by atoms with Crippen LogP contribution in [-0.4, -0.2) is 5.33 Å². The molecule has 0 N–H and O–H groups in total. The topological polar surface area (TPSA) is 0 Å². The predicted octanol–water partition coefficient (Wildman–Crippen LogP) is 4.96. The summed E-state index contributed by atoms with van der Waals surface area (Å²) < 4.78 is 0. The lowest BCUT2D eigenvalue weighted by molar-refractivity contribution is 0.310. The molecule has 0 saturated heterocycles. The van der Waals surface area contributed by atoms with Crippen molar-refractivity contribution in [3.05, 3.63) is 35.9 Å². The van der Waals surface area contributed by atoms with E-state index in [0.29, 0.717) is 5.41 Å². The molecule has 0 nitrogen and oxygen atoms in total. The maximum atomic E-state index is 3.72. The Morgan fingerprint density at radius 2 is 1.75 bits per heavy atom. The average Bonchev–Trinajstić information content (AvgIpc) is 2.80. The van der Waals surface area contributed by atoms with Gasteiger partial charge in [0.1, 0.15) is 0 Å². The van der Waals surface area contributed by atoms with Crippen molar-refractivity contribution in [2.24, 2.45) is 5.41 Å². The van der Waals surface area contributed by atoms with E-state index in [1.165, 1.54) is 55.8 Å². The summed E-state index contributed by atoms with van der Waals surface area (Å²) in [6, 6.07) is 10.9. The van der Waals surface area contributed by atoms with E-state index in [0.717, 1.165) is 0 Å². The van der Waals surface area contributed by atoms with Crippen LogP contribution < -0.4 is 0 Å². The molecule has 0 aliphatic heterocycles. The van der Waals surface area contributed by atoms with Crippen LogP contribution in [0.1, 0.15) is 44.1 Å². The van der Waals surface area contributed by atoms with E-state index in [4.69, 9.17) is 0 Å². The van der Waals surface area contributed by atoms with Gasteiger partial charge in [0.25, 0.3) is 0 Å². The van der Waals surface area contributed by atoms with Gasteiger partial charge in [0.2, 0.25) is 0 Å². The van der Waals surface area contributed by atoms with Crippen LogP contribution >= 0.6 is 15.9 Å². The fourth-order valence-electron chi connectivity index (χ4n) is 2.89. The van der Waals surface area contributed by atoms with Crippen molar-refractivity contribution in [1.29, 1.82) is 0 Å². The Kier molecular flexibility index (Phi) is 4.45. The maximum absolute atomic E-state index is 3.72. The number of aryl methyl sites for hydroxylation is 1. The normalized spacial score (nSPS) is 18.8. The minimum atomic E-state index is 0.634. The Balaban J connectivity index is 1.79. The average molecular weight is 281 g/mol. The molecule has 0 aromatic heterocycles. The van der Waals surface area contributed by atoms with Crippen molar-refractivity contribution in [3.8, 4) is 0 Å². The van der Waals surface area contributed by atoms with Gasteiger partial charge in [0.05, 0.1) is 0 Å². The number of hydrogen-bond donors (Lipinski definition) is 0. The highest BCUT2D eigenvalue weighted by Crippen LogP contribution is 2.43. The quantitative estimate of drug-likeness (QED) is 0.669. The second-order valence-electron chi connectivity index (χ2n) is 5.18. The first-order valence-electron chi connectivity index (χ1n) is 6.45. The van der Waals surface area contributed by atoms with Crippen LogP contribution in [0.15, 0.2) is 30.3 Å². The molecule has 88 valence electrons. The summed E-state index contributed by atoms with van der Waals surface area (Å²) in [4.78, 5) is 0. The Morgan fingerprint density at radius 3 is 2.38 bits per heavy atom. The van der Waals surface area contributed by atoms with Gasteiger partial charge >= 0.3 is 0 Å². The van der Waals surface area contributed by atoms with Crippen molar-refractivity contribution in [2.75, 3.05) is 5.33 Å². The van der Waals surface area contributed by atoms with Gasteiger partial charge in [0.15, 0.2) is 0 Å². The Morgan fingerprint density at radius 1 is 1.06 bits per heavy atom. The van der Waals surface area contributed by atoms with Gasteiger partial charge in [-0.25, -0.2) is 0 Å². The lowest BCUT2D eigenvalue weighted by atomic mass is 9.83. The maximum Gasteiger partial charge on any atom is 0.00879 e. The molecule has 1 aliphatic carbocycles. The monoisotopic (exact) mass is 280 g/mol. The third-order valence-corrected chi connectivity index (χ3v) is 5.15. The van der Waals surface area contributed by atoms with E-state index < -0.39 is 0 Å². The van der Waals surface area contributed by atoms with E-state index in [1.807, 2.05) is 0 Å². The molecule has 16 heavy (non-hydrogen) atoms. The third kappa shape index (κ3) is 3.10. The molecule has 0 amide bonds. The number of halogens is 1. The van der Waals surface area contributed by atoms with Crippen LogP contribution in [-0.2, 0) is 6.42 Å². The van der Waals surface area contributed by atoms with Gasteiger partial charge in [-0.2, -0.15) is 0 Å².